The lowest BCUT2D eigenvalue weighted by atomic mass is 9.79. The molecule has 28 heavy (non-hydrogen) atoms. The maximum absolute atomic E-state index is 12.4. The van der Waals surface area contributed by atoms with Crippen molar-refractivity contribution in [1.29, 1.82) is 0 Å². The smallest absolute Gasteiger partial charge is 0.353 e. The molecule has 0 radical (unpaired) electrons. The molecule has 5 N–H and O–H groups in total. The molecule has 0 spiro atoms. The third-order valence-corrected chi connectivity index (χ3v) is 8.09. The molecule has 0 aromatic rings. The van der Waals surface area contributed by atoms with Gasteiger partial charge in [0.25, 0.3) is 0 Å². The quantitative estimate of drug-likeness (QED) is 0.438. The zero-order valence-electron chi connectivity index (χ0n) is 16.4. The Labute approximate surface area is 169 Å². The fourth-order valence-electron chi connectivity index (χ4n) is 5.21. The van der Waals surface area contributed by atoms with Gasteiger partial charge in [-0.1, -0.05) is 6.92 Å². The van der Waals surface area contributed by atoms with E-state index in [4.69, 9.17) is 5.73 Å². The number of rotatable bonds is 6. The Hall–Kier alpha value is -1.13. The molecule has 4 rings (SSSR count). The van der Waals surface area contributed by atoms with Crippen LogP contribution in [0.4, 0.5) is 0 Å². The van der Waals surface area contributed by atoms with Crippen molar-refractivity contribution in [2.45, 2.75) is 56.2 Å². The average molecular weight is 411 g/mol. The molecule has 0 unspecified atom stereocenters. The molecule has 8 nitrogen and oxygen atoms in total. The maximum Gasteiger partial charge on any atom is 0.353 e. The fourth-order valence-corrected chi connectivity index (χ4v) is 6.73. The molecule has 0 saturated carbocycles. The van der Waals surface area contributed by atoms with Gasteiger partial charge in [-0.15, -0.1) is 11.8 Å². The first-order valence-electron chi connectivity index (χ1n) is 10.1. The zero-order chi connectivity index (χ0) is 20.2. The van der Waals surface area contributed by atoms with Crippen LogP contribution in [0.2, 0.25) is 0 Å². The van der Waals surface area contributed by atoms with Crippen molar-refractivity contribution in [3.63, 3.8) is 0 Å². The number of carbonyl (C=O) groups excluding carboxylic acids is 1. The highest BCUT2D eigenvalue weighted by molar-refractivity contribution is 8.03. The third-order valence-electron chi connectivity index (χ3n) is 6.57. The van der Waals surface area contributed by atoms with E-state index in [2.05, 4.69) is 10.2 Å². The lowest BCUT2D eigenvalue weighted by molar-refractivity contribution is -0.163. The minimum absolute atomic E-state index is 0.0657. The van der Waals surface area contributed by atoms with Crippen LogP contribution >= 0.6 is 11.8 Å². The summed E-state index contributed by atoms with van der Waals surface area (Å²) in [5.41, 5.74) is 6.12. The van der Waals surface area contributed by atoms with Crippen LogP contribution < -0.4 is 11.1 Å². The summed E-state index contributed by atoms with van der Waals surface area (Å²) in [4.78, 5) is 28.9. The number of fused-ring (bicyclic) bond motifs is 1. The van der Waals surface area contributed by atoms with Gasteiger partial charge in [-0.3, -0.25) is 4.79 Å². The van der Waals surface area contributed by atoms with Crippen molar-refractivity contribution in [1.82, 2.24) is 15.1 Å². The number of aliphatic carboxylic acids is 1. The van der Waals surface area contributed by atoms with Crippen LogP contribution in [-0.2, 0) is 9.59 Å². The van der Waals surface area contributed by atoms with E-state index < -0.39 is 18.0 Å². The average Bonchev–Trinajstić information content (AvgIpc) is 3.28. The number of carbonyl (C=O) groups is 2. The Morgan fingerprint density at radius 2 is 2.21 bits per heavy atom. The Morgan fingerprint density at radius 3 is 2.82 bits per heavy atom. The van der Waals surface area contributed by atoms with Crippen LogP contribution in [0.3, 0.4) is 0 Å². The molecule has 0 aromatic carbocycles. The van der Waals surface area contributed by atoms with Crippen LogP contribution in [-0.4, -0.2) is 87.5 Å². The molecule has 3 saturated heterocycles. The third kappa shape index (κ3) is 3.37. The van der Waals surface area contributed by atoms with Gasteiger partial charge in [0.05, 0.1) is 18.1 Å². The van der Waals surface area contributed by atoms with Crippen LogP contribution in [0, 0.1) is 11.8 Å². The van der Waals surface area contributed by atoms with Crippen molar-refractivity contribution < 1.29 is 19.8 Å². The molecule has 0 aliphatic carbocycles. The van der Waals surface area contributed by atoms with Gasteiger partial charge < -0.3 is 31.1 Å². The van der Waals surface area contributed by atoms with Crippen LogP contribution in [0.1, 0.15) is 26.7 Å². The van der Waals surface area contributed by atoms with Gasteiger partial charge in [0.1, 0.15) is 5.70 Å². The molecular formula is C19H30N4O4S. The van der Waals surface area contributed by atoms with E-state index in [1.54, 1.807) is 18.7 Å². The summed E-state index contributed by atoms with van der Waals surface area (Å²) in [7, 11) is 0. The number of hydrogen-bond donors (Lipinski definition) is 4. The van der Waals surface area contributed by atoms with E-state index >= 15 is 0 Å². The summed E-state index contributed by atoms with van der Waals surface area (Å²) < 4.78 is 0. The predicted molar refractivity (Wildman–Crippen MR) is 106 cm³/mol. The van der Waals surface area contributed by atoms with Crippen molar-refractivity contribution in [3.8, 4) is 0 Å². The van der Waals surface area contributed by atoms with Gasteiger partial charge in [0.2, 0.25) is 5.91 Å². The summed E-state index contributed by atoms with van der Waals surface area (Å²) in [6.07, 6.45) is 1.25. The van der Waals surface area contributed by atoms with Crippen molar-refractivity contribution >= 4 is 23.6 Å². The van der Waals surface area contributed by atoms with E-state index in [0.717, 1.165) is 43.9 Å². The Morgan fingerprint density at radius 1 is 1.46 bits per heavy atom. The number of aliphatic hydroxyl groups is 1. The first kappa shape index (κ1) is 20.2. The number of hydrogen-bond acceptors (Lipinski definition) is 7. The molecule has 4 heterocycles. The topological polar surface area (TPSA) is 119 Å². The fraction of sp³-hybridized carbons (Fsp3) is 0.789. The number of amides is 1. The molecule has 156 valence electrons. The molecule has 4 aliphatic heterocycles. The lowest BCUT2D eigenvalue weighted by Crippen LogP contribution is -2.63. The van der Waals surface area contributed by atoms with E-state index in [1.807, 2.05) is 6.92 Å². The highest BCUT2D eigenvalue weighted by Crippen LogP contribution is 2.51. The van der Waals surface area contributed by atoms with E-state index in [1.165, 1.54) is 4.90 Å². The first-order valence-corrected chi connectivity index (χ1v) is 11.0. The van der Waals surface area contributed by atoms with E-state index in [0.29, 0.717) is 6.04 Å². The highest BCUT2D eigenvalue weighted by Gasteiger charge is 2.60. The van der Waals surface area contributed by atoms with Crippen molar-refractivity contribution in [3.05, 3.63) is 10.6 Å². The van der Waals surface area contributed by atoms with E-state index in [9.17, 15) is 19.8 Å². The van der Waals surface area contributed by atoms with Gasteiger partial charge in [0, 0.05) is 47.8 Å². The summed E-state index contributed by atoms with van der Waals surface area (Å²) >= 11 is 1.60. The second kappa shape index (κ2) is 7.60. The summed E-state index contributed by atoms with van der Waals surface area (Å²) in [5.74, 6) is -1.89. The number of nitrogens with two attached hydrogens (primary N) is 1. The normalized spacial score (nSPS) is 39.4. The molecule has 0 bridgehead atoms. The number of β-lactam (4-membered cyclic amide) rings is 1. The SMILES string of the molecule is C[C@@H](O)[C@H]1C(=O)N2C(C(=O)O)=C(S[C@@H]3CN[C@H](CN4CC[C@H](N)C4)C3)[C@H](C)[C@H]12. The number of carboxylic acids is 1. The van der Waals surface area contributed by atoms with Crippen molar-refractivity contribution in [2.75, 3.05) is 26.2 Å². The van der Waals surface area contributed by atoms with Crippen LogP contribution in [0.25, 0.3) is 0 Å². The molecule has 3 fully saturated rings. The number of carboxylic acid groups (broad SMARTS) is 1. The Kier molecular flexibility index (Phi) is 5.47. The molecule has 0 aromatic heterocycles. The van der Waals surface area contributed by atoms with Gasteiger partial charge in [-0.05, 0) is 26.3 Å². The number of nitrogens with zero attached hydrogens (tertiary/aromatic N) is 2. The minimum Gasteiger partial charge on any atom is -0.477 e. The van der Waals surface area contributed by atoms with Gasteiger partial charge in [-0.2, -0.15) is 0 Å². The van der Waals surface area contributed by atoms with Gasteiger partial charge in [-0.25, -0.2) is 4.79 Å². The van der Waals surface area contributed by atoms with Crippen molar-refractivity contribution in [2.24, 2.45) is 17.6 Å². The second-order valence-electron chi connectivity index (χ2n) is 8.66. The summed E-state index contributed by atoms with van der Waals surface area (Å²) in [6.45, 7) is 7.37. The molecule has 4 aliphatic rings. The monoisotopic (exact) mass is 410 g/mol. The largest absolute Gasteiger partial charge is 0.477 e. The minimum atomic E-state index is -1.05. The molecule has 9 heteroatoms. The Balaban J connectivity index is 1.42. The first-order chi connectivity index (χ1) is 13.3. The second-order valence-corrected chi connectivity index (χ2v) is 10.0. The van der Waals surface area contributed by atoms with E-state index in [-0.39, 0.29) is 34.9 Å². The van der Waals surface area contributed by atoms with Crippen LogP contribution in [0.5, 0.6) is 0 Å². The summed E-state index contributed by atoms with van der Waals surface area (Å²) in [5, 5.41) is 23.5. The Bertz CT molecular complexity index is 699. The standard InChI is InChI=1S/C19H30N4O4S/c1-9-15-14(10(2)24)18(25)23(15)16(19(26)27)17(9)28-13-5-12(21-6-13)8-22-4-3-11(20)7-22/h9-15,21,24H,3-8,20H2,1-2H3,(H,26,27)/t9-,10-,11+,12+,13+,14-,15-/m1/s1. The van der Waals surface area contributed by atoms with Gasteiger partial charge >= 0.3 is 5.97 Å². The maximum atomic E-state index is 12.4. The zero-order valence-corrected chi connectivity index (χ0v) is 17.2. The predicted octanol–water partition coefficient (Wildman–Crippen LogP) is -0.363. The summed E-state index contributed by atoms with van der Waals surface area (Å²) in [6, 6.07) is 0.424. The highest BCUT2D eigenvalue weighted by atomic mass is 32.2. The number of aliphatic hydroxyl groups excluding tert-OH is 1. The molecule has 7 atom stereocenters. The number of thioether (sulfide) groups is 1. The molecular weight excluding hydrogens is 380 g/mol. The van der Waals surface area contributed by atoms with Gasteiger partial charge in [0.15, 0.2) is 0 Å². The molecule has 1 amide bonds. The lowest BCUT2D eigenvalue weighted by Gasteiger charge is -2.46. The van der Waals surface area contributed by atoms with Crippen LogP contribution in [0.15, 0.2) is 10.6 Å². The number of nitrogens with one attached hydrogen (secondary N) is 1. The number of likely N-dealkylation sites (tertiary alicyclic amines) is 1.